The lowest BCUT2D eigenvalue weighted by Gasteiger charge is -2.15. The van der Waals surface area contributed by atoms with Crippen LogP contribution in [0.15, 0.2) is 41.2 Å². The van der Waals surface area contributed by atoms with Crippen molar-refractivity contribution in [2.75, 3.05) is 0 Å². The number of halogens is 2. The molecule has 0 bridgehead atoms. The number of aromatic nitrogens is 1. The summed E-state index contributed by atoms with van der Waals surface area (Å²) in [7, 11) is 1.75. The van der Waals surface area contributed by atoms with Gasteiger partial charge in [0, 0.05) is 31.3 Å². The summed E-state index contributed by atoms with van der Waals surface area (Å²) < 4.78 is 29.3. The van der Waals surface area contributed by atoms with Gasteiger partial charge in [0.25, 0.3) is 0 Å². The first-order valence-electron chi connectivity index (χ1n) is 7.22. The van der Waals surface area contributed by atoms with Crippen LogP contribution in [0.3, 0.4) is 0 Å². The summed E-state index contributed by atoms with van der Waals surface area (Å²) in [6.07, 6.45) is 0. The van der Waals surface area contributed by atoms with Crippen LogP contribution >= 0.6 is 11.3 Å². The van der Waals surface area contributed by atoms with E-state index in [4.69, 9.17) is 0 Å². The van der Waals surface area contributed by atoms with Crippen molar-refractivity contribution < 1.29 is 8.78 Å². The SMILES string of the molecule is C[C@H](NCc1ccc2c(c1)sc(=O)n2C)c1ccc(F)cc1F. The Morgan fingerprint density at radius 1 is 1.22 bits per heavy atom. The van der Waals surface area contributed by atoms with Gasteiger partial charge in [0.2, 0.25) is 0 Å². The van der Waals surface area contributed by atoms with Crippen molar-refractivity contribution in [3.05, 3.63) is 68.8 Å². The summed E-state index contributed by atoms with van der Waals surface area (Å²) in [4.78, 5) is 11.7. The molecule has 0 aliphatic rings. The molecule has 0 aliphatic heterocycles. The Bertz CT molecular complexity index is 917. The van der Waals surface area contributed by atoms with Crippen molar-refractivity contribution in [3.63, 3.8) is 0 Å². The minimum Gasteiger partial charge on any atom is -0.306 e. The average molecular weight is 334 g/mol. The first kappa shape index (κ1) is 15.8. The lowest BCUT2D eigenvalue weighted by atomic mass is 10.1. The molecule has 0 fully saturated rings. The predicted molar refractivity (Wildman–Crippen MR) is 88.7 cm³/mol. The van der Waals surface area contributed by atoms with E-state index in [2.05, 4.69) is 5.32 Å². The Hall–Kier alpha value is -2.05. The highest BCUT2D eigenvalue weighted by Crippen LogP contribution is 2.20. The molecule has 0 saturated carbocycles. The Balaban J connectivity index is 1.76. The molecule has 0 radical (unpaired) electrons. The fourth-order valence-electron chi connectivity index (χ4n) is 2.52. The van der Waals surface area contributed by atoms with Crippen LogP contribution in [-0.2, 0) is 13.6 Å². The van der Waals surface area contributed by atoms with Gasteiger partial charge in [-0.25, -0.2) is 8.78 Å². The summed E-state index contributed by atoms with van der Waals surface area (Å²) in [5.41, 5.74) is 2.34. The van der Waals surface area contributed by atoms with Crippen LogP contribution in [0.5, 0.6) is 0 Å². The largest absolute Gasteiger partial charge is 0.307 e. The maximum Gasteiger partial charge on any atom is 0.307 e. The van der Waals surface area contributed by atoms with Crippen molar-refractivity contribution in [1.29, 1.82) is 0 Å². The predicted octanol–water partition coefficient (Wildman–Crippen LogP) is 3.73. The molecular formula is C17H16F2N2OS. The summed E-state index contributed by atoms with van der Waals surface area (Å²) in [6, 6.07) is 9.16. The number of aryl methyl sites for hydroxylation is 1. The standard InChI is InChI=1S/C17H16F2N2OS/c1-10(13-5-4-12(18)8-14(13)19)20-9-11-3-6-15-16(7-11)23-17(22)21(15)2/h3-8,10,20H,9H2,1-2H3/t10-/m0/s1. The topological polar surface area (TPSA) is 34.0 Å². The van der Waals surface area contributed by atoms with Crippen molar-refractivity contribution in [2.24, 2.45) is 7.05 Å². The van der Waals surface area contributed by atoms with E-state index in [1.807, 2.05) is 25.1 Å². The summed E-state index contributed by atoms with van der Waals surface area (Å²) in [5.74, 6) is -1.13. The highest BCUT2D eigenvalue weighted by molar-refractivity contribution is 7.16. The van der Waals surface area contributed by atoms with E-state index in [0.717, 1.165) is 21.8 Å². The van der Waals surface area contributed by atoms with Crippen LogP contribution in [-0.4, -0.2) is 4.57 Å². The lowest BCUT2D eigenvalue weighted by Crippen LogP contribution is -2.19. The van der Waals surface area contributed by atoms with Crippen molar-refractivity contribution in [2.45, 2.75) is 19.5 Å². The minimum atomic E-state index is -0.581. The quantitative estimate of drug-likeness (QED) is 0.789. The van der Waals surface area contributed by atoms with Crippen molar-refractivity contribution in [3.8, 4) is 0 Å². The fourth-order valence-corrected chi connectivity index (χ4v) is 3.47. The zero-order chi connectivity index (χ0) is 16.6. The molecule has 1 N–H and O–H groups in total. The van der Waals surface area contributed by atoms with E-state index in [0.29, 0.717) is 12.1 Å². The van der Waals surface area contributed by atoms with Crippen molar-refractivity contribution >= 4 is 21.6 Å². The van der Waals surface area contributed by atoms with Crippen LogP contribution < -0.4 is 10.2 Å². The van der Waals surface area contributed by atoms with Gasteiger partial charge in [-0.05, 0) is 30.7 Å². The second kappa shape index (κ2) is 6.22. The molecule has 1 aromatic heterocycles. The normalized spacial score (nSPS) is 12.7. The molecule has 0 amide bonds. The third-order valence-electron chi connectivity index (χ3n) is 3.90. The van der Waals surface area contributed by atoms with Gasteiger partial charge in [-0.1, -0.05) is 23.5 Å². The van der Waals surface area contributed by atoms with Gasteiger partial charge in [-0.2, -0.15) is 0 Å². The monoisotopic (exact) mass is 334 g/mol. The number of benzene rings is 2. The van der Waals surface area contributed by atoms with Gasteiger partial charge in [0.1, 0.15) is 11.6 Å². The number of fused-ring (bicyclic) bond motifs is 1. The van der Waals surface area contributed by atoms with Gasteiger partial charge in [-0.15, -0.1) is 0 Å². The summed E-state index contributed by atoms with van der Waals surface area (Å²) in [5, 5.41) is 3.22. The molecule has 3 nitrogen and oxygen atoms in total. The van der Waals surface area contributed by atoms with E-state index in [9.17, 15) is 13.6 Å². The number of thiazole rings is 1. The number of nitrogens with zero attached hydrogens (tertiary/aromatic N) is 1. The second-order valence-corrected chi connectivity index (χ2v) is 6.49. The van der Waals surface area contributed by atoms with E-state index < -0.39 is 11.6 Å². The lowest BCUT2D eigenvalue weighted by molar-refractivity contribution is 0.518. The average Bonchev–Trinajstić information content (AvgIpc) is 2.79. The van der Waals surface area contributed by atoms with Gasteiger partial charge >= 0.3 is 4.87 Å². The smallest absolute Gasteiger partial charge is 0.306 e. The first-order chi connectivity index (χ1) is 11.0. The molecule has 120 valence electrons. The zero-order valence-electron chi connectivity index (χ0n) is 12.8. The van der Waals surface area contributed by atoms with Crippen LogP contribution in [0.1, 0.15) is 24.1 Å². The maximum atomic E-state index is 13.8. The van der Waals surface area contributed by atoms with Gasteiger partial charge in [0.15, 0.2) is 0 Å². The van der Waals surface area contributed by atoms with E-state index >= 15 is 0 Å². The Morgan fingerprint density at radius 2 is 2.00 bits per heavy atom. The molecule has 0 unspecified atom stereocenters. The van der Waals surface area contributed by atoms with E-state index in [1.54, 1.807) is 11.6 Å². The molecule has 1 heterocycles. The van der Waals surface area contributed by atoms with E-state index in [1.165, 1.54) is 23.5 Å². The van der Waals surface area contributed by atoms with Gasteiger partial charge < -0.3 is 9.88 Å². The Labute approximate surface area is 136 Å². The zero-order valence-corrected chi connectivity index (χ0v) is 13.6. The molecule has 23 heavy (non-hydrogen) atoms. The van der Waals surface area contributed by atoms with Crippen molar-refractivity contribution in [1.82, 2.24) is 9.88 Å². The van der Waals surface area contributed by atoms with Gasteiger partial charge in [-0.3, -0.25) is 4.79 Å². The molecule has 3 aromatic rings. The van der Waals surface area contributed by atoms with Gasteiger partial charge in [0.05, 0.1) is 10.2 Å². The molecule has 0 aliphatic carbocycles. The fraction of sp³-hybridized carbons (Fsp3) is 0.235. The molecule has 0 spiro atoms. The number of hydrogen-bond acceptors (Lipinski definition) is 3. The first-order valence-corrected chi connectivity index (χ1v) is 8.04. The third-order valence-corrected chi connectivity index (χ3v) is 4.89. The van der Waals surface area contributed by atoms with Crippen LogP contribution in [0, 0.1) is 11.6 Å². The number of rotatable bonds is 4. The molecule has 0 saturated heterocycles. The molecule has 6 heteroatoms. The number of nitrogens with one attached hydrogen (secondary N) is 1. The van der Waals surface area contributed by atoms with Crippen LogP contribution in [0.25, 0.3) is 10.2 Å². The summed E-state index contributed by atoms with van der Waals surface area (Å²) >= 11 is 1.21. The van der Waals surface area contributed by atoms with E-state index in [-0.39, 0.29) is 10.9 Å². The molecule has 3 rings (SSSR count). The summed E-state index contributed by atoms with van der Waals surface area (Å²) in [6.45, 7) is 2.36. The maximum absolute atomic E-state index is 13.8. The molecular weight excluding hydrogens is 318 g/mol. The second-order valence-electron chi connectivity index (χ2n) is 5.50. The Kier molecular flexibility index (Phi) is 4.28. The molecule has 1 atom stereocenters. The number of hydrogen-bond donors (Lipinski definition) is 1. The third kappa shape index (κ3) is 3.18. The highest BCUT2D eigenvalue weighted by Gasteiger charge is 2.12. The molecule has 2 aromatic carbocycles. The Morgan fingerprint density at radius 3 is 2.74 bits per heavy atom. The van der Waals surface area contributed by atoms with Crippen LogP contribution in [0.2, 0.25) is 0 Å². The minimum absolute atomic E-state index is 0.00635. The van der Waals surface area contributed by atoms with Crippen LogP contribution in [0.4, 0.5) is 8.78 Å². The highest BCUT2D eigenvalue weighted by atomic mass is 32.1.